The molecule has 30 heavy (non-hydrogen) atoms. The highest BCUT2D eigenvalue weighted by atomic mass is 19.1. The maximum absolute atomic E-state index is 13.5. The molecule has 0 atom stereocenters. The van der Waals surface area contributed by atoms with Crippen molar-refractivity contribution in [3.63, 3.8) is 0 Å². The Labute approximate surface area is 174 Å². The standard InChI is InChI=1S/C24H23FN4O/c25-21-8-6-19(7-9-21)23-20(10-11-28-12-14-30-15-13-28)17-29-24(27-23)22(16-26-29)18-4-2-1-3-5-18/h1-9,16-17H,10-15H2/p+1. The first-order chi connectivity index (χ1) is 14.8. The molecule has 0 amide bonds. The predicted octanol–water partition coefficient (Wildman–Crippen LogP) is 2.66. The third kappa shape index (κ3) is 3.84. The molecule has 5 nitrogen and oxygen atoms in total. The third-order valence-electron chi connectivity index (χ3n) is 5.72. The van der Waals surface area contributed by atoms with Gasteiger partial charge in [-0.15, -0.1) is 0 Å². The second-order valence-corrected chi connectivity index (χ2v) is 7.68. The molecule has 0 saturated carbocycles. The van der Waals surface area contributed by atoms with Crippen LogP contribution in [0.3, 0.4) is 0 Å². The monoisotopic (exact) mass is 403 g/mol. The Hall–Kier alpha value is -3.09. The molecular formula is C24H24FN4O+. The number of quaternary nitrogens is 1. The lowest BCUT2D eigenvalue weighted by Crippen LogP contribution is -3.14. The number of morpholine rings is 1. The van der Waals surface area contributed by atoms with Crippen LogP contribution in [-0.2, 0) is 11.2 Å². The minimum Gasteiger partial charge on any atom is -0.370 e. The Morgan fingerprint density at radius 2 is 1.73 bits per heavy atom. The van der Waals surface area contributed by atoms with Crippen LogP contribution in [0.1, 0.15) is 5.56 Å². The van der Waals surface area contributed by atoms with E-state index >= 15 is 0 Å². The molecule has 0 bridgehead atoms. The molecule has 1 N–H and O–H groups in total. The zero-order valence-electron chi connectivity index (χ0n) is 16.7. The molecule has 2 aromatic heterocycles. The van der Waals surface area contributed by atoms with Crippen molar-refractivity contribution >= 4 is 5.65 Å². The van der Waals surface area contributed by atoms with E-state index in [2.05, 4.69) is 23.4 Å². The van der Waals surface area contributed by atoms with Crippen LogP contribution in [0.2, 0.25) is 0 Å². The number of benzene rings is 2. The van der Waals surface area contributed by atoms with Crippen LogP contribution in [-0.4, -0.2) is 47.4 Å². The Bertz CT molecular complexity index is 1140. The van der Waals surface area contributed by atoms with Crippen molar-refractivity contribution in [1.82, 2.24) is 14.6 Å². The molecule has 0 radical (unpaired) electrons. The first kappa shape index (κ1) is 18.9. The molecule has 5 rings (SSSR count). The van der Waals surface area contributed by atoms with Crippen LogP contribution < -0.4 is 4.90 Å². The summed E-state index contributed by atoms with van der Waals surface area (Å²) in [5.41, 5.74) is 5.82. The van der Waals surface area contributed by atoms with Crippen molar-refractivity contribution in [2.75, 3.05) is 32.8 Å². The lowest BCUT2D eigenvalue weighted by atomic mass is 10.0. The molecule has 152 valence electrons. The van der Waals surface area contributed by atoms with E-state index in [0.29, 0.717) is 0 Å². The van der Waals surface area contributed by atoms with E-state index in [9.17, 15) is 4.39 Å². The average Bonchev–Trinajstić information content (AvgIpc) is 3.22. The minimum absolute atomic E-state index is 0.242. The van der Waals surface area contributed by atoms with Gasteiger partial charge in [-0.05, 0) is 29.8 Å². The fourth-order valence-corrected chi connectivity index (χ4v) is 4.03. The molecule has 0 aliphatic carbocycles. The van der Waals surface area contributed by atoms with Crippen molar-refractivity contribution in [3.8, 4) is 22.4 Å². The molecular weight excluding hydrogens is 379 g/mol. The van der Waals surface area contributed by atoms with Crippen LogP contribution >= 0.6 is 0 Å². The highest BCUT2D eigenvalue weighted by Gasteiger charge is 2.18. The summed E-state index contributed by atoms with van der Waals surface area (Å²) in [6.45, 7) is 4.70. The SMILES string of the molecule is Fc1ccc(-c2nc3c(-c4ccccc4)cnn3cc2CC[NH+]2CCOCC2)cc1. The van der Waals surface area contributed by atoms with Crippen LogP contribution in [0.4, 0.5) is 4.39 Å². The molecule has 1 aliphatic heterocycles. The van der Waals surface area contributed by atoms with Crippen molar-refractivity contribution in [2.24, 2.45) is 0 Å². The molecule has 1 fully saturated rings. The lowest BCUT2D eigenvalue weighted by molar-refractivity contribution is -0.907. The van der Waals surface area contributed by atoms with Gasteiger partial charge in [0.25, 0.3) is 0 Å². The highest BCUT2D eigenvalue weighted by molar-refractivity contribution is 5.79. The van der Waals surface area contributed by atoms with Gasteiger partial charge in [-0.25, -0.2) is 13.9 Å². The van der Waals surface area contributed by atoms with E-state index in [4.69, 9.17) is 9.72 Å². The quantitative estimate of drug-likeness (QED) is 0.557. The minimum atomic E-state index is -0.242. The second-order valence-electron chi connectivity index (χ2n) is 7.68. The Balaban J connectivity index is 1.57. The summed E-state index contributed by atoms with van der Waals surface area (Å²) < 4.78 is 20.9. The molecule has 0 spiro atoms. The molecule has 1 saturated heterocycles. The van der Waals surface area contributed by atoms with Crippen molar-refractivity contribution in [2.45, 2.75) is 6.42 Å². The average molecular weight is 403 g/mol. The highest BCUT2D eigenvalue weighted by Crippen LogP contribution is 2.28. The maximum Gasteiger partial charge on any atom is 0.163 e. The van der Waals surface area contributed by atoms with Gasteiger partial charge in [0.15, 0.2) is 5.65 Å². The fraction of sp³-hybridized carbons (Fsp3) is 0.250. The van der Waals surface area contributed by atoms with E-state index < -0.39 is 0 Å². The Morgan fingerprint density at radius 3 is 2.50 bits per heavy atom. The van der Waals surface area contributed by atoms with Gasteiger partial charge in [0.2, 0.25) is 0 Å². The predicted molar refractivity (Wildman–Crippen MR) is 114 cm³/mol. The number of nitrogens with one attached hydrogen (secondary N) is 1. The van der Waals surface area contributed by atoms with Crippen LogP contribution in [0.5, 0.6) is 0 Å². The summed E-state index contributed by atoms with van der Waals surface area (Å²) in [6.07, 6.45) is 4.82. The van der Waals surface area contributed by atoms with Gasteiger partial charge in [-0.2, -0.15) is 5.10 Å². The first-order valence-electron chi connectivity index (χ1n) is 10.4. The normalized spacial score (nSPS) is 15.0. The lowest BCUT2D eigenvalue weighted by Gasteiger charge is -2.24. The number of fused-ring (bicyclic) bond motifs is 1. The van der Waals surface area contributed by atoms with Crippen molar-refractivity contribution < 1.29 is 14.0 Å². The molecule has 1 aliphatic rings. The Morgan fingerprint density at radius 1 is 0.967 bits per heavy atom. The zero-order valence-corrected chi connectivity index (χ0v) is 16.7. The van der Waals surface area contributed by atoms with E-state index in [1.807, 2.05) is 28.9 Å². The molecule has 2 aromatic carbocycles. The number of nitrogens with zero attached hydrogens (tertiary/aromatic N) is 3. The summed E-state index contributed by atoms with van der Waals surface area (Å²) >= 11 is 0. The largest absolute Gasteiger partial charge is 0.370 e. The van der Waals surface area contributed by atoms with Gasteiger partial charge in [0.05, 0.1) is 31.6 Å². The fourth-order valence-electron chi connectivity index (χ4n) is 4.03. The van der Waals surface area contributed by atoms with Gasteiger partial charge in [-0.1, -0.05) is 30.3 Å². The summed E-state index contributed by atoms with van der Waals surface area (Å²) in [6, 6.07) is 16.7. The van der Waals surface area contributed by atoms with E-state index in [1.165, 1.54) is 17.0 Å². The van der Waals surface area contributed by atoms with Gasteiger partial charge >= 0.3 is 0 Å². The number of hydrogen-bond donors (Lipinski definition) is 1. The first-order valence-corrected chi connectivity index (χ1v) is 10.4. The summed E-state index contributed by atoms with van der Waals surface area (Å²) in [5.74, 6) is -0.242. The molecule has 0 unspecified atom stereocenters. The van der Waals surface area contributed by atoms with Crippen molar-refractivity contribution in [3.05, 3.63) is 78.4 Å². The Kier molecular flexibility index (Phi) is 5.26. The third-order valence-corrected chi connectivity index (χ3v) is 5.72. The van der Waals surface area contributed by atoms with Crippen molar-refractivity contribution in [1.29, 1.82) is 0 Å². The number of hydrogen-bond acceptors (Lipinski definition) is 3. The van der Waals surface area contributed by atoms with Crippen LogP contribution in [0.25, 0.3) is 28.0 Å². The van der Waals surface area contributed by atoms with Gasteiger partial charge < -0.3 is 9.64 Å². The zero-order chi connectivity index (χ0) is 20.3. The van der Waals surface area contributed by atoms with E-state index in [1.54, 1.807) is 12.1 Å². The van der Waals surface area contributed by atoms with Crippen LogP contribution in [0, 0.1) is 5.82 Å². The smallest absolute Gasteiger partial charge is 0.163 e. The summed E-state index contributed by atoms with van der Waals surface area (Å²) in [7, 11) is 0. The van der Waals surface area contributed by atoms with E-state index in [-0.39, 0.29) is 5.82 Å². The van der Waals surface area contributed by atoms with Gasteiger partial charge in [-0.3, -0.25) is 0 Å². The van der Waals surface area contributed by atoms with Gasteiger partial charge in [0, 0.05) is 29.3 Å². The van der Waals surface area contributed by atoms with E-state index in [0.717, 1.165) is 72.9 Å². The topological polar surface area (TPSA) is 43.9 Å². The number of halogens is 1. The van der Waals surface area contributed by atoms with Crippen LogP contribution in [0.15, 0.2) is 67.0 Å². The number of rotatable bonds is 5. The summed E-state index contributed by atoms with van der Waals surface area (Å²) in [5, 5.41) is 4.57. The molecule has 4 aromatic rings. The maximum atomic E-state index is 13.5. The molecule has 6 heteroatoms. The summed E-state index contributed by atoms with van der Waals surface area (Å²) in [4.78, 5) is 6.56. The number of ether oxygens (including phenoxy) is 1. The van der Waals surface area contributed by atoms with Gasteiger partial charge in [0.1, 0.15) is 18.9 Å². The number of aromatic nitrogens is 3. The second kappa shape index (κ2) is 8.34. The molecule has 3 heterocycles.